The fourth-order valence-corrected chi connectivity index (χ4v) is 3.83. The first-order chi connectivity index (χ1) is 11.5. The van der Waals surface area contributed by atoms with Crippen LogP contribution in [0.25, 0.3) is 0 Å². The van der Waals surface area contributed by atoms with E-state index in [0.717, 1.165) is 34.9 Å². The molecule has 0 aliphatic rings. The molecule has 130 valence electrons. The van der Waals surface area contributed by atoms with Gasteiger partial charge in [-0.2, -0.15) is 0 Å². The Bertz CT molecular complexity index is 648. The quantitative estimate of drug-likeness (QED) is 0.584. The lowest BCUT2D eigenvalue weighted by atomic mass is 9.97. The molecule has 0 fully saturated rings. The second kappa shape index (κ2) is 9.69. The second-order valence-corrected chi connectivity index (χ2v) is 7.72. The third kappa shape index (κ3) is 5.68. The summed E-state index contributed by atoms with van der Waals surface area (Å²) in [7, 11) is 0. The van der Waals surface area contributed by atoms with Gasteiger partial charge in [0.2, 0.25) is 0 Å². The zero-order valence-electron chi connectivity index (χ0n) is 13.9. The van der Waals surface area contributed by atoms with Gasteiger partial charge in [0, 0.05) is 27.2 Å². The molecule has 0 spiro atoms. The number of thioether (sulfide) groups is 1. The first-order valence-corrected chi connectivity index (χ1v) is 9.81. The van der Waals surface area contributed by atoms with Crippen LogP contribution in [0.5, 0.6) is 0 Å². The average molecular weight is 384 g/mol. The number of aliphatic hydroxyl groups excluding tert-OH is 1. The Morgan fingerprint density at radius 3 is 2.46 bits per heavy atom. The molecular formula is C19H23Cl2NOS. The van der Waals surface area contributed by atoms with E-state index >= 15 is 0 Å². The molecule has 2 atom stereocenters. The Hall–Kier alpha value is -0.710. The number of nitrogens with one attached hydrogen (secondary N) is 1. The predicted molar refractivity (Wildman–Crippen MR) is 105 cm³/mol. The lowest BCUT2D eigenvalue weighted by Gasteiger charge is -2.19. The summed E-state index contributed by atoms with van der Waals surface area (Å²) in [4.78, 5) is 1.15. The third-order valence-electron chi connectivity index (χ3n) is 3.89. The van der Waals surface area contributed by atoms with Crippen LogP contribution in [0.2, 0.25) is 10.0 Å². The molecule has 5 heteroatoms. The van der Waals surface area contributed by atoms with Crippen LogP contribution < -0.4 is 5.32 Å². The normalized spacial score (nSPS) is 13.7. The highest BCUT2D eigenvalue weighted by Gasteiger charge is 2.15. The molecule has 24 heavy (non-hydrogen) atoms. The maximum absolute atomic E-state index is 10.4. The van der Waals surface area contributed by atoms with Gasteiger partial charge in [-0.1, -0.05) is 55.2 Å². The van der Waals surface area contributed by atoms with Gasteiger partial charge in [-0.25, -0.2) is 0 Å². The summed E-state index contributed by atoms with van der Waals surface area (Å²) in [5.41, 5.74) is 2.02. The van der Waals surface area contributed by atoms with Crippen molar-refractivity contribution < 1.29 is 5.11 Å². The van der Waals surface area contributed by atoms with Gasteiger partial charge >= 0.3 is 0 Å². The SMILES string of the molecule is CCNCC(C)C(O)c1ccc(SCc2ccc(Cl)cc2Cl)cc1. The fraction of sp³-hybridized carbons (Fsp3) is 0.368. The number of hydrogen-bond acceptors (Lipinski definition) is 3. The van der Waals surface area contributed by atoms with Crippen molar-refractivity contribution in [3.05, 3.63) is 63.6 Å². The smallest absolute Gasteiger partial charge is 0.0827 e. The van der Waals surface area contributed by atoms with Gasteiger partial charge in [0.1, 0.15) is 0 Å². The summed E-state index contributed by atoms with van der Waals surface area (Å²) in [5.74, 6) is 0.964. The minimum absolute atomic E-state index is 0.177. The van der Waals surface area contributed by atoms with Crippen LogP contribution in [0.1, 0.15) is 31.1 Å². The van der Waals surface area contributed by atoms with Gasteiger partial charge in [0.15, 0.2) is 0 Å². The van der Waals surface area contributed by atoms with Gasteiger partial charge in [0.05, 0.1) is 6.10 Å². The highest BCUT2D eigenvalue weighted by atomic mass is 35.5. The summed E-state index contributed by atoms with van der Waals surface area (Å²) < 4.78 is 0. The molecule has 0 saturated carbocycles. The molecule has 0 aromatic heterocycles. The first kappa shape index (κ1) is 19.6. The highest BCUT2D eigenvalue weighted by molar-refractivity contribution is 7.98. The number of rotatable bonds is 8. The zero-order valence-corrected chi connectivity index (χ0v) is 16.3. The van der Waals surface area contributed by atoms with Crippen molar-refractivity contribution in [2.75, 3.05) is 13.1 Å². The summed E-state index contributed by atoms with van der Waals surface area (Å²) >= 11 is 13.8. The molecule has 0 bridgehead atoms. The van der Waals surface area contributed by atoms with Crippen LogP contribution >= 0.6 is 35.0 Å². The third-order valence-corrected chi connectivity index (χ3v) is 5.53. The highest BCUT2D eigenvalue weighted by Crippen LogP contribution is 2.30. The molecule has 2 rings (SSSR count). The molecule has 0 saturated heterocycles. The van der Waals surface area contributed by atoms with Crippen molar-refractivity contribution in [2.24, 2.45) is 5.92 Å². The molecule has 0 amide bonds. The molecular weight excluding hydrogens is 361 g/mol. The van der Waals surface area contributed by atoms with Crippen molar-refractivity contribution in [1.82, 2.24) is 5.32 Å². The Morgan fingerprint density at radius 2 is 1.83 bits per heavy atom. The summed E-state index contributed by atoms with van der Waals surface area (Å²) in [6.07, 6.45) is -0.450. The van der Waals surface area contributed by atoms with Crippen molar-refractivity contribution in [2.45, 2.75) is 30.6 Å². The lowest BCUT2D eigenvalue weighted by Crippen LogP contribution is -2.25. The lowest BCUT2D eigenvalue weighted by molar-refractivity contribution is 0.117. The van der Waals surface area contributed by atoms with E-state index in [-0.39, 0.29) is 5.92 Å². The van der Waals surface area contributed by atoms with Gasteiger partial charge in [0.25, 0.3) is 0 Å². The van der Waals surface area contributed by atoms with Crippen LogP contribution in [-0.2, 0) is 5.75 Å². The summed E-state index contributed by atoms with van der Waals surface area (Å²) in [6, 6.07) is 13.7. The number of benzene rings is 2. The molecule has 0 aliphatic carbocycles. The summed E-state index contributed by atoms with van der Waals surface area (Å²) in [5, 5.41) is 15.0. The van der Waals surface area contributed by atoms with E-state index < -0.39 is 6.10 Å². The number of aliphatic hydroxyl groups is 1. The van der Waals surface area contributed by atoms with Gasteiger partial charge in [-0.15, -0.1) is 11.8 Å². The molecule has 2 aromatic carbocycles. The van der Waals surface area contributed by atoms with Gasteiger partial charge < -0.3 is 10.4 Å². The van der Waals surface area contributed by atoms with E-state index in [2.05, 4.69) is 19.2 Å². The molecule has 0 aliphatic heterocycles. The fourth-order valence-electron chi connectivity index (χ4n) is 2.37. The van der Waals surface area contributed by atoms with Crippen molar-refractivity contribution in [3.63, 3.8) is 0 Å². The van der Waals surface area contributed by atoms with Crippen LogP contribution in [0.3, 0.4) is 0 Å². The van der Waals surface area contributed by atoms with Crippen LogP contribution in [0.15, 0.2) is 47.4 Å². The van der Waals surface area contributed by atoms with Crippen molar-refractivity contribution in [1.29, 1.82) is 0 Å². The Kier molecular flexibility index (Phi) is 7.92. The Morgan fingerprint density at radius 1 is 1.12 bits per heavy atom. The van der Waals surface area contributed by atoms with E-state index in [0.29, 0.717) is 10.0 Å². The van der Waals surface area contributed by atoms with E-state index in [1.165, 1.54) is 0 Å². The maximum Gasteiger partial charge on any atom is 0.0827 e. The Labute approximate surface area is 158 Å². The monoisotopic (exact) mass is 383 g/mol. The molecule has 2 unspecified atom stereocenters. The van der Waals surface area contributed by atoms with Crippen LogP contribution in [0, 0.1) is 5.92 Å². The number of hydrogen-bond donors (Lipinski definition) is 2. The first-order valence-electron chi connectivity index (χ1n) is 8.06. The molecule has 2 aromatic rings. The van der Waals surface area contributed by atoms with Gasteiger partial charge in [-0.05, 0) is 47.9 Å². The maximum atomic E-state index is 10.4. The van der Waals surface area contributed by atoms with Crippen LogP contribution in [0.4, 0.5) is 0 Å². The summed E-state index contributed by atoms with van der Waals surface area (Å²) in [6.45, 7) is 5.85. The Balaban J connectivity index is 1.94. The minimum atomic E-state index is -0.450. The molecule has 2 nitrogen and oxygen atoms in total. The van der Waals surface area contributed by atoms with E-state index in [4.69, 9.17) is 23.2 Å². The zero-order chi connectivity index (χ0) is 17.5. The molecule has 0 radical (unpaired) electrons. The molecule has 0 heterocycles. The van der Waals surface area contributed by atoms with E-state index in [1.54, 1.807) is 17.8 Å². The largest absolute Gasteiger partial charge is 0.388 e. The minimum Gasteiger partial charge on any atom is -0.388 e. The van der Waals surface area contributed by atoms with Crippen LogP contribution in [-0.4, -0.2) is 18.2 Å². The predicted octanol–water partition coefficient (Wildman–Crippen LogP) is 5.56. The molecule has 2 N–H and O–H groups in total. The van der Waals surface area contributed by atoms with Crippen molar-refractivity contribution >= 4 is 35.0 Å². The topological polar surface area (TPSA) is 32.3 Å². The van der Waals surface area contributed by atoms with E-state index in [1.807, 2.05) is 36.4 Å². The van der Waals surface area contributed by atoms with Crippen molar-refractivity contribution in [3.8, 4) is 0 Å². The second-order valence-electron chi connectivity index (χ2n) is 5.82. The average Bonchev–Trinajstić information content (AvgIpc) is 2.58. The van der Waals surface area contributed by atoms with Gasteiger partial charge in [-0.3, -0.25) is 0 Å². The van der Waals surface area contributed by atoms with E-state index in [9.17, 15) is 5.11 Å². The number of halogens is 2. The standard InChI is InChI=1S/C19H23Cl2NOS/c1-3-22-11-13(2)19(23)14-5-8-17(9-6-14)24-12-15-4-7-16(20)10-18(15)21/h4-10,13,19,22-23H,3,11-12H2,1-2H3.